The van der Waals surface area contributed by atoms with Crippen LogP contribution in [0.1, 0.15) is 51.9 Å². The van der Waals surface area contributed by atoms with Crippen LogP contribution < -0.4 is 0 Å². The minimum absolute atomic E-state index is 0.0784. The Morgan fingerprint density at radius 3 is 2.37 bits per heavy atom. The summed E-state index contributed by atoms with van der Waals surface area (Å²) in [6, 6.07) is 0. The van der Waals surface area contributed by atoms with Gasteiger partial charge in [0, 0.05) is 19.3 Å². The maximum Gasteiger partial charge on any atom is 0.306 e. The number of rotatable bonds is 6. The minimum atomic E-state index is -3.32. The van der Waals surface area contributed by atoms with E-state index in [1.807, 2.05) is 0 Å². The van der Waals surface area contributed by atoms with Gasteiger partial charge in [0.15, 0.2) is 0 Å². The van der Waals surface area contributed by atoms with Crippen molar-refractivity contribution >= 4 is 21.7 Å². The minimum Gasteiger partial charge on any atom is -0.292 e. The van der Waals surface area contributed by atoms with Gasteiger partial charge in [-0.3, -0.25) is 4.79 Å². The van der Waals surface area contributed by atoms with Gasteiger partial charge >= 0.3 is 5.92 Å². The second-order valence-corrected chi connectivity index (χ2v) is 6.43. The first-order valence-corrected chi connectivity index (χ1v) is 7.53. The van der Waals surface area contributed by atoms with E-state index in [2.05, 4.69) is 15.9 Å². The van der Waals surface area contributed by atoms with Crippen LogP contribution >= 0.6 is 15.9 Å². The zero-order valence-corrected chi connectivity index (χ0v) is 12.5. The van der Waals surface area contributed by atoms with Gasteiger partial charge in [0.1, 0.15) is 0 Å². The van der Waals surface area contributed by atoms with Gasteiger partial charge in [0.2, 0.25) is 11.7 Å². The Morgan fingerprint density at radius 2 is 1.89 bits per heavy atom. The molecule has 0 N–H and O–H groups in total. The van der Waals surface area contributed by atoms with E-state index in [1.165, 1.54) is 0 Å². The molecule has 0 aromatic carbocycles. The van der Waals surface area contributed by atoms with Gasteiger partial charge in [0.25, 0.3) is 0 Å². The van der Waals surface area contributed by atoms with Gasteiger partial charge in [-0.15, -0.1) is 0 Å². The first-order chi connectivity index (χ1) is 8.68. The highest BCUT2D eigenvalue weighted by molar-refractivity contribution is 9.10. The number of hydrogen-bond donors (Lipinski definition) is 0. The van der Waals surface area contributed by atoms with Crippen molar-refractivity contribution in [1.29, 1.82) is 0 Å². The molecule has 1 aliphatic carbocycles. The van der Waals surface area contributed by atoms with Crippen LogP contribution in [-0.2, 0) is 4.79 Å². The predicted molar refractivity (Wildman–Crippen MR) is 69.1 cm³/mol. The largest absolute Gasteiger partial charge is 0.306 e. The van der Waals surface area contributed by atoms with Crippen molar-refractivity contribution in [1.82, 2.24) is 0 Å². The van der Waals surface area contributed by atoms with Crippen molar-refractivity contribution in [3.8, 4) is 0 Å². The molecule has 0 bridgehead atoms. The molecule has 0 aromatic rings. The lowest BCUT2D eigenvalue weighted by atomic mass is 9.83. The van der Waals surface area contributed by atoms with Gasteiger partial charge in [-0.2, -0.15) is 8.78 Å². The van der Waals surface area contributed by atoms with Crippen molar-refractivity contribution < 1.29 is 22.4 Å². The Balaban J connectivity index is 2.47. The number of alkyl halides is 5. The van der Waals surface area contributed by atoms with Crippen molar-refractivity contribution in [2.75, 3.05) is 0 Å². The third-order valence-corrected chi connectivity index (χ3v) is 4.38. The van der Waals surface area contributed by atoms with E-state index in [1.54, 1.807) is 6.92 Å². The Labute approximate surface area is 119 Å². The Bertz CT molecular complexity index is 310. The number of ketones is 1. The summed E-state index contributed by atoms with van der Waals surface area (Å²) in [6.07, 6.45) is 0.149. The number of hydrogen-bond acceptors (Lipinski definition) is 1. The summed E-state index contributed by atoms with van der Waals surface area (Å²) in [6.45, 7) is 1.59. The summed E-state index contributed by atoms with van der Waals surface area (Å²) in [5, 5.41) is 0. The van der Waals surface area contributed by atoms with Crippen molar-refractivity contribution in [3.63, 3.8) is 0 Å². The molecule has 0 heterocycles. The van der Waals surface area contributed by atoms with Gasteiger partial charge in [0.05, 0.1) is 4.83 Å². The molecule has 1 unspecified atom stereocenters. The van der Waals surface area contributed by atoms with Crippen LogP contribution in [0, 0.1) is 5.92 Å². The molecule has 1 aliphatic rings. The van der Waals surface area contributed by atoms with Crippen molar-refractivity contribution in [2.45, 2.75) is 68.5 Å². The SMILES string of the molecule is CCCC(F)(F)C(=O)C(Br)CC1CCC(F)(F)CC1. The molecular formula is C13H19BrF4O. The van der Waals surface area contributed by atoms with Crippen LogP contribution in [0.3, 0.4) is 0 Å². The molecule has 0 aliphatic heterocycles. The van der Waals surface area contributed by atoms with E-state index in [0.29, 0.717) is 12.8 Å². The molecule has 1 nitrogen and oxygen atoms in total. The second kappa shape index (κ2) is 6.55. The molecule has 0 radical (unpaired) electrons. The molecule has 0 aromatic heterocycles. The predicted octanol–water partition coefficient (Wildman–Crippen LogP) is 4.97. The fraction of sp³-hybridized carbons (Fsp3) is 0.923. The lowest BCUT2D eigenvalue weighted by Gasteiger charge is -2.29. The van der Waals surface area contributed by atoms with E-state index in [0.717, 1.165) is 0 Å². The van der Waals surface area contributed by atoms with Crippen LogP contribution in [0.15, 0.2) is 0 Å². The fourth-order valence-corrected chi connectivity index (χ4v) is 3.27. The van der Waals surface area contributed by atoms with E-state index >= 15 is 0 Å². The van der Waals surface area contributed by atoms with Crippen LogP contribution in [-0.4, -0.2) is 22.5 Å². The fourth-order valence-electron chi connectivity index (χ4n) is 2.40. The Kier molecular flexibility index (Phi) is 5.83. The van der Waals surface area contributed by atoms with Crippen LogP contribution in [0.4, 0.5) is 17.6 Å². The number of carbonyl (C=O) groups excluding carboxylic acids is 1. The second-order valence-electron chi connectivity index (χ2n) is 5.32. The van der Waals surface area contributed by atoms with E-state index < -0.39 is 28.9 Å². The molecular weight excluding hydrogens is 328 g/mol. The maximum absolute atomic E-state index is 13.4. The van der Waals surface area contributed by atoms with Gasteiger partial charge in [-0.1, -0.05) is 22.9 Å². The molecule has 0 spiro atoms. The molecule has 1 saturated carbocycles. The standard InChI is InChI=1S/C13H19BrF4O/c1-2-5-13(17,18)11(19)10(14)8-9-3-6-12(15,16)7-4-9/h9-10H,2-8H2,1H3. The van der Waals surface area contributed by atoms with E-state index in [9.17, 15) is 22.4 Å². The number of carbonyl (C=O) groups is 1. The summed E-state index contributed by atoms with van der Waals surface area (Å²) >= 11 is 3.00. The van der Waals surface area contributed by atoms with Crippen LogP contribution in [0.25, 0.3) is 0 Å². The number of halogens is 5. The zero-order valence-electron chi connectivity index (χ0n) is 10.9. The Morgan fingerprint density at radius 1 is 1.37 bits per heavy atom. The highest BCUT2D eigenvalue weighted by atomic mass is 79.9. The third-order valence-electron chi connectivity index (χ3n) is 3.59. The van der Waals surface area contributed by atoms with Gasteiger partial charge in [-0.25, -0.2) is 8.78 Å². The lowest BCUT2D eigenvalue weighted by Crippen LogP contribution is -2.36. The smallest absolute Gasteiger partial charge is 0.292 e. The van der Waals surface area contributed by atoms with E-state index in [-0.39, 0.29) is 31.6 Å². The molecule has 1 fully saturated rings. The van der Waals surface area contributed by atoms with Crippen LogP contribution in [0.5, 0.6) is 0 Å². The molecule has 0 amide bonds. The summed E-state index contributed by atoms with van der Waals surface area (Å²) in [5.41, 5.74) is 0. The van der Waals surface area contributed by atoms with E-state index in [4.69, 9.17) is 0 Å². The highest BCUT2D eigenvalue weighted by Gasteiger charge is 2.42. The summed E-state index contributed by atoms with van der Waals surface area (Å²) in [4.78, 5) is 10.7. The molecule has 112 valence electrons. The lowest BCUT2D eigenvalue weighted by molar-refractivity contribution is -0.143. The summed E-state index contributed by atoms with van der Waals surface area (Å²) in [5.74, 6) is -7.15. The first-order valence-electron chi connectivity index (χ1n) is 6.62. The van der Waals surface area contributed by atoms with Crippen molar-refractivity contribution in [2.24, 2.45) is 5.92 Å². The summed E-state index contributed by atoms with van der Waals surface area (Å²) in [7, 11) is 0. The topological polar surface area (TPSA) is 17.1 Å². The highest BCUT2D eigenvalue weighted by Crippen LogP contribution is 2.39. The Hall–Kier alpha value is -0.130. The van der Waals surface area contributed by atoms with Crippen LogP contribution in [0.2, 0.25) is 0 Å². The average Bonchev–Trinajstić information content (AvgIpc) is 2.30. The summed E-state index contributed by atoms with van der Waals surface area (Å²) < 4.78 is 52.8. The third kappa shape index (κ3) is 5.04. The molecule has 6 heteroatoms. The number of Topliss-reactive ketones (excluding diaryl/α,β-unsaturated/α-hetero) is 1. The first kappa shape index (κ1) is 16.9. The van der Waals surface area contributed by atoms with Crippen molar-refractivity contribution in [3.05, 3.63) is 0 Å². The average molecular weight is 347 g/mol. The zero-order chi connectivity index (χ0) is 14.7. The molecule has 1 rings (SSSR count). The quantitative estimate of drug-likeness (QED) is 0.490. The molecule has 0 saturated heterocycles. The van der Waals surface area contributed by atoms with Gasteiger partial charge in [-0.05, 0) is 31.6 Å². The normalized spacial score (nSPS) is 22.2. The monoisotopic (exact) mass is 346 g/mol. The van der Waals surface area contributed by atoms with Gasteiger partial charge < -0.3 is 0 Å². The molecule has 19 heavy (non-hydrogen) atoms. The molecule has 1 atom stereocenters. The maximum atomic E-state index is 13.4.